The summed E-state index contributed by atoms with van der Waals surface area (Å²) >= 11 is 7.93. The average Bonchev–Trinajstić information content (AvgIpc) is 3.58. The number of alkyl halides is 2. The van der Waals surface area contributed by atoms with E-state index >= 15 is 0 Å². The predicted molar refractivity (Wildman–Crippen MR) is 161 cm³/mol. The number of amides is 3. The molecule has 0 spiro atoms. The van der Waals surface area contributed by atoms with E-state index in [0.717, 1.165) is 24.8 Å². The second kappa shape index (κ2) is 12.3. The van der Waals surface area contributed by atoms with Gasteiger partial charge in [-0.2, -0.15) is 0 Å². The summed E-state index contributed by atoms with van der Waals surface area (Å²) in [6.07, 6.45) is 1.71. The van der Waals surface area contributed by atoms with Crippen molar-refractivity contribution < 1.29 is 23.2 Å². The summed E-state index contributed by atoms with van der Waals surface area (Å²) < 4.78 is 28.3. The molecule has 2 saturated heterocycles. The number of hydrogen-bond donors (Lipinski definition) is 1. The second-order valence-corrected chi connectivity index (χ2v) is 12.5. The third kappa shape index (κ3) is 6.82. The van der Waals surface area contributed by atoms with Crippen LogP contribution in [-0.4, -0.2) is 62.2 Å². The molecule has 2 aromatic carbocycles. The van der Waals surface area contributed by atoms with E-state index in [1.165, 1.54) is 40.1 Å². The van der Waals surface area contributed by atoms with Crippen molar-refractivity contribution in [1.82, 2.24) is 14.8 Å². The monoisotopic (exact) mass is 614 g/mol. The number of thiocarbonyl (C=S) groups is 1. The molecule has 214 valence electrons. The number of para-hydroxylation sites is 1. The first-order chi connectivity index (χ1) is 19.6. The number of nitrogens with zero attached hydrogens (tertiary/aromatic N) is 3. The Morgan fingerprint density at radius 1 is 1.15 bits per heavy atom. The molecule has 0 bridgehead atoms. The minimum absolute atomic E-state index is 0.00186. The molecular formula is C29H28F2N4O3S3. The van der Waals surface area contributed by atoms with Gasteiger partial charge in [0.2, 0.25) is 11.8 Å². The van der Waals surface area contributed by atoms with E-state index in [0.29, 0.717) is 46.5 Å². The van der Waals surface area contributed by atoms with Gasteiger partial charge in [-0.05, 0) is 30.5 Å². The van der Waals surface area contributed by atoms with Crippen LogP contribution in [0, 0.1) is 0 Å². The topological polar surface area (TPSA) is 82.6 Å². The van der Waals surface area contributed by atoms with Gasteiger partial charge in [0, 0.05) is 61.1 Å². The van der Waals surface area contributed by atoms with Crippen LogP contribution < -0.4 is 5.32 Å². The lowest BCUT2D eigenvalue weighted by Crippen LogP contribution is -2.40. The average molecular weight is 615 g/mol. The van der Waals surface area contributed by atoms with Gasteiger partial charge in [0.1, 0.15) is 10.0 Å². The maximum absolute atomic E-state index is 13.9. The maximum Gasteiger partial charge on any atom is 0.275 e. The highest BCUT2D eigenvalue weighted by Gasteiger charge is 2.30. The predicted octanol–water partition coefficient (Wildman–Crippen LogP) is 6.13. The zero-order chi connectivity index (χ0) is 29.1. The van der Waals surface area contributed by atoms with Crippen LogP contribution in [-0.2, 0) is 15.5 Å². The summed E-state index contributed by atoms with van der Waals surface area (Å²) in [5.74, 6) is -2.92. The molecule has 3 heterocycles. The summed E-state index contributed by atoms with van der Waals surface area (Å²) in [6.45, 7) is 2.34. The smallest absolute Gasteiger partial charge is 0.275 e. The zero-order valence-corrected chi connectivity index (χ0v) is 24.7. The first-order valence-corrected chi connectivity index (χ1v) is 15.5. The van der Waals surface area contributed by atoms with Crippen molar-refractivity contribution in [2.45, 2.75) is 38.0 Å². The van der Waals surface area contributed by atoms with Gasteiger partial charge in [-0.25, -0.2) is 13.8 Å². The Kier molecular flexibility index (Phi) is 8.81. The number of likely N-dealkylation sites (tertiary alicyclic amines) is 1. The quantitative estimate of drug-likeness (QED) is 0.308. The van der Waals surface area contributed by atoms with Crippen molar-refractivity contribution in [3.8, 4) is 11.1 Å². The molecule has 0 aliphatic carbocycles. The SMILES string of the molecule is CC(F)(F)c1cccc(-c2ccccc2NC(=O)c2csc(C3CCN(C(=O)CCN4C(=O)CSC4=S)CC3)n2)c1. The minimum atomic E-state index is -2.98. The van der Waals surface area contributed by atoms with Crippen molar-refractivity contribution in [3.05, 3.63) is 70.2 Å². The molecule has 1 N–H and O–H groups in total. The third-order valence-corrected chi connectivity index (χ3v) is 9.64. The van der Waals surface area contributed by atoms with Crippen LogP contribution in [0.15, 0.2) is 53.9 Å². The number of thiazole rings is 1. The zero-order valence-electron chi connectivity index (χ0n) is 22.3. The third-order valence-electron chi connectivity index (χ3n) is 7.20. The van der Waals surface area contributed by atoms with E-state index < -0.39 is 5.92 Å². The van der Waals surface area contributed by atoms with Crippen molar-refractivity contribution in [3.63, 3.8) is 0 Å². The lowest BCUT2D eigenvalue weighted by molar-refractivity contribution is -0.132. The molecule has 1 aromatic heterocycles. The number of piperidine rings is 1. The van der Waals surface area contributed by atoms with Crippen molar-refractivity contribution >= 4 is 63.0 Å². The summed E-state index contributed by atoms with van der Waals surface area (Å²) in [4.78, 5) is 45.6. The normalized spacial score (nSPS) is 16.4. The van der Waals surface area contributed by atoms with Gasteiger partial charge in [-0.1, -0.05) is 60.4 Å². The fourth-order valence-corrected chi connectivity index (χ4v) is 7.00. The Balaban J connectivity index is 1.18. The van der Waals surface area contributed by atoms with Crippen molar-refractivity contribution in [2.75, 3.05) is 30.7 Å². The van der Waals surface area contributed by atoms with Crippen LogP contribution >= 0.6 is 35.3 Å². The van der Waals surface area contributed by atoms with Crippen LogP contribution in [0.1, 0.15) is 53.2 Å². The minimum Gasteiger partial charge on any atom is -0.343 e. The molecular weight excluding hydrogens is 587 g/mol. The van der Waals surface area contributed by atoms with Crippen LogP contribution in [0.4, 0.5) is 14.5 Å². The Morgan fingerprint density at radius 3 is 2.61 bits per heavy atom. The molecule has 12 heteroatoms. The van der Waals surface area contributed by atoms with Gasteiger partial charge in [0.05, 0.1) is 10.8 Å². The number of nitrogens with one attached hydrogen (secondary N) is 1. The first kappa shape index (κ1) is 29.3. The number of hydrogen-bond acceptors (Lipinski definition) is 7. The van der Waals surface area contributed by atoms with Gasteiger partial charge in [-0.15, -0.1) is 11.3 Å². The Hall–Kier alpha value is -3.22. The van der Waals surface area contributed by atoms with Gasteiger partial charge < -0.3 is 10.2 Å². The number of halogens is 2. The fraction of sp³-hybridized carbons (Fsp3) is 0.345. The van der Waals surface area contributed by atoms with Gasteiger partial charge in [0.15, 0.2) is 0 Å². The lowest BCUT2D eigenvalue weighted by atomic mass is 9.97. The molecule has 2 fully saturated rings. The van der Waals surface area contributed by atoms with E-state index in [2.05, 4.69) is 10.3 Å². The van der Waals surface area contributed by atoms with Crippen LogP contribution in [0.3, 0.4) is 0 Å². The highest BCUT2D eigenvalue weighted by atomic mass is 32.2. The van der Waals surface area contributed by atoms with E-state index in [1.807, 2.05) is 4.90 Å². The molecule has 2 aliphatic heterocycles. The number of carbonyl (C=O) groups is 3. The largest absolute Gasteiger partial charge is 0.343 e. The van der Waals surface area contributed by atoms with Gasteiger partial charge in [0.25, 0.3) is 11.8 Å². The van der Waals surface area contributed by atoms with Crippen LogP contribution in [0.5, 0.6) is 0 Å². The Labute approximate surface area is 250 Å². The number of aromatic nitrogens is 1. The molecule has 3 aromatic rings. The summed E-state index contributed by atoms with van der Waals surface area (Å²) in [5, 5.41) is 5.46. The lowest BCUT2D eigenvalue weighted by Gasteiger charge is -2.31. The number of rotatable bonds is 8. The number of benzene rings is 2. The number of carbonyl (C=O) groups excluding carboxylic acids is 3. The van der Waals surface area contributed by atoms with Gasteiger partial charge in [-0.3, -0.25) is 19.3 Å². The van der Waals surface area contributed by atoms with Crippen LogP contribution in [0.2, 0.25) is 0 Å². The van der Waals surface area contributed by atoms with Crippen molar-refractivity contribution in [2.24, 2.45) is 0 Å². The molecule has 0 radical (unpaired) electrons. The first-order valence-electron chi connectivity index (χ1n) is 13.2. The molecule has 0 unspecified atom stereocenters. The number of anilines is 1. The number of thioether (sulfide) groups is 1. The molecule has 41 heavy (non-hydrogen) atoms. The molecule has 0 atom stereocenters. The highest BCUT2D eigenvalue weighted by Crippen LogP contribution is 2.34. The van der Waals surface area contributed by atoms with Gasteiger partial charge >= 0.3 is 0 Å². The van der Waals surface area contributed by atoms with Crippen molar-refractivity contribution in [1.29, 1.82) is 0 Å². The molecule has 2 aliphatic rings. The van der Waals surface area contributed by atoms with Crippen LogP contribution in [0.25, 0.3) is 11.1 Å². The fourth-order valence-electron chi connectivity index (χ4n) is 4.91. The molecule has 0 saturated carbocycles. The maximum atomic E-state index is 13.9. The van der Waals surface area contributed by atoms with E-state index in [4.69, 9.17) is 12.2 Å². The van der Waals surface area contributed by atoms with E-state index in [1.54, 1.807) is 41.8 Å². The Bertz CT molecular complexity index is 1470. The standard InChI is InChI=1S/C29H28F2N4O3S3/c1-29(30,31)20-6-4-5-19(15-20)21-7-2-3-8-22(21)32-26(38)23-16-40-27(33-23)18-9-12-34(13-10-18)24(36)11-14-35-25(37)17-41-28(35)39/h2-8,15-16,18H,9-14,17H2,1H3,(H,32,38). The Morgan fingerprint density at radius 2 is 1.90 bits per heavy atom. The summed E-state index contributed by atoms with van der Waals surface area (Å²) in [7, 11) is 0. The second-order valence-electron chi connectivity index (χ2n) is 10.0. The summed E-state index contributed by atoms with van der Waals surface area (Å²) in [5.41, 5.74) is 1.91. The molecule has 3 amide bonds. The highest BCUT2D eigenvalue weighted by molar-refractivity contribution is 8.23. The van der Waals surface area contributed by atoms with E-state index in [-0.39, 0.29) is 41.3 Å². The molecule has 7 nitrogen and oxygen atoms in total. The molecule has 5 rings (SSSR count). The van der Waals surface area contributed by atoms with E-state index in [9.17, 15) is 23.2 Å². The summed E-state index contributed by atoms with van der Waals surface area (Å²) in [6, 6.07) is 13.2.